The minimum atomic E-state index is -0.00575. The highest BCUT2D eigenvalue weighted by molar-refractivity contribution is 5.94. The number of nitrogens with zero attached hydrogens (tertiary/aromatic N) is 3. The third-order valence-corrected chi connectivity index (χ3v) is 6.42. The molecule has 33 heavy (non-hydrogen) atoms. The van der Waals surface area contributed by atoms with Crippen molar-refractivity contribution in [1.82, 2.24) is 14.7 Å². The van der Waals surface area contributed by atoms with E-state index in [1.807, 2.05) is 41.3 Å². The first-order valence-corrected chi connectivity index (χ1v) is 12.1. The van der Waals surface area contributed by atoms with Crippen LogP contribution in [-0.2, 0) is 17.8 Å². The van der Waals surface area contributed by atoms with Gasteiger partial charge < -0.3 is 10.2 Å². The zero-order chi connectivity index (χ0) is 23.8. The van der Waals surface area contributed by atoms with Crippen molar-refractivity contribution in [2.75, 3.05) is 44.6 Å². The average Bonchev–Trinajstić information content (AvgIpc) is 2.83. The molecule has 0 bridgehead atoms. The molecule has 2 aromatic carbocycles. The summed E-state index contributed by atoms with van der Waals surface area (Å²) in [5, 5.41) is 3.03. The number of hydrogen-bond donors (Lipinski definition) is 1. The Hall–Kier alpha value is -2.70. The van der Waals surface area contributed by atoms with E-state index in [1.54, 1.807) is 0 Å². The van der Waals surface area contributed by atoms with Crippen molar-refractivity contribution in [2.24, 2.45) is 0 Å². The number of aryl methyl sites for hydroxylation is 1. The maximum Gasteiger partial charge on any atom is 0.253 e. The molecule has 0 aromatic heterocycles. The lowest BCUT2D eigenvalue weighted by atomic mass is 10.1. The van der Waals surface area contributed by atoms with E-state index in [0.717, 1.165) is 36.3 Å². The van der Waals surface area contributed by atoms with Gasteiger partial charge in [-0.1, -0.05) is 44.2 Å². The Morgan fingerprint density at radius 3 is 2.24 bits per heavy atom. The molecule has 0 spiro atoms. The molecule has 0 saturated carbocycles. The maximum atomic E-state index is 13.0. The summed E-state index contributed by atoms with van der Waals surface area (Å²) >= 11 is 0. The van der Waals surface area contributed by atoms with Gasteiger partial charge in [-0.2, -0.15) is 0 Å². The molecule has 6 nitrogen and oxygen atoms in total. The summed E-state index contributed by atoms with van der Waals surface area (Å²) in [5.74, 6) is 0.0625. The second-order valence-electron chi connectivity index (χ2n) is 8.98. The van der Waals surface area contributed by atoms with Crippen molar-refractivity contribution in [3.05, 3.63) is 65.2 Å². The van der Waals surface area contributed by atoms with Gasteiger partial charge >= 0.3 is 0 Å². The Bertz CT molecular complexity index is 918. The number of amides is 2. The standard InChI is InChI=1S/C27H38N4O2/c1-5-23-9-7-8-10-25(23)28-26(32)20-29-15-17-31(18-16-29)27(33)24-13-11-22(12-14-24)19-30(6-2)21(3)4/h7-14,21H,5-6,15-20H2,1-4H3,(H,28,32). The predicted molar refractivity (Wildman–Crippen MR) is 134 cm³/mol. The molecule has 1 heterocycles. The van der Waals surface area contributed by atoms with Gasteiger partial charge in [0.2, 0.25) is 5.91 Å². The van der Waals surface area contributed by atoms with Crippen molar-refractivity contribution in [1.29, 1.82) is 0 Å². The highest BCUT2D eigenvalue weighted by Crippen LogP contribution is 2.16. The second kappa shape index (κ2) is 12.0. The number of para-hydroxylation sites is 1. The fraction of sp³-hybridized carbons (Fsp3) is 0.481. The van der Waals surface area contributed by atoms with Crippen molar-refractivity contribution in [3.63, 3.8) is 0 Å². The molecule has 0 unspecified atom stereocenters. The van der Waals surface area contributed by atoms with Gasteiger partial charge in [0.25, 0.3) is 5.91 Å². The van der Waals surface area contributed by atoms with E-state index in [4.69, 9.17) is 0 Å². The monoisotopic (exact) mass is 450 g/mol. The summed E-state index contributed by atoms with van der Waals surface area (Å²) in [7, 11) is 0. The van der Waals surface area contributed by atoms with Gasteiger partial charge in [0, 0.05) is 50.0 Å². The summed E-state index contributed by atoms with van der Waals surface area (Å²) in [6.45, 7) is 13.6. The van der Waals surface area contributed by atoms with Gasteiger partial charge in [-0.05, 0) is 56.1 Å². The van der Waals surface area contributed by atoms with E-state index < -0.39 is 0 Å². The largest absolute Gasteiger partial charge is 0.336 e. The van der Waals surface area contributed by atoms with Crippen LogP contribution < -0.4 is 5.32 Å². The molecule has 1 aliphatic heterocycles. The van der Waals surface area contributed by atoms with Crippen LogP contribution in [0.15, 0.2) is 48.5 Å². The van der Waals surface area contributed by atoms with Gasteiger partial charge in [0.1, 0.15) is 0 Å². The van der Waals surface area contributed by atoms with Gasteiger partial charge in [-0.25, -0.2) is 0 Å². The van der Waals surface area contributed by atoms with Crippen LogP contribution >= 0.6 is 0 Å². The van der Waals surface area contributed by atoms with E-state index in [2.05, 4.69) is 54.9 Å². The van der Waals surface area contributed by atoms with Crippen LogP contribution in [0.2, 0.25) is 0 Å². The lowest BCUT2D eigenvalue weighted by molar-refractivity contribution is -0.117. The van der Waals surface area contributed by atoms with E-state index in [0.29, 0.717) is 38.8 Å². The predicted octanol–water partition coefficient (Wildman–Crippen LogP) is 3.88. The summed E-state index contributed by atoms with van der Waals surface area (Å²) in [4.78, 5) is 31.9. The quantitative estimate of drug-likeness (QED) is 0.630. The molecule has 0 aliphatic carbocycles. The normalized spacial score (nSPS) is 14.7. The van der Waals surface area contributed by atoms with E-state index in [1.165, 1.54) is 5.56 Å². The minimum Gasteiger partial charge on any atom is -0.336 e. The van der Waals surface area contributed by atoms with Crippen molar-refractivity contribution in [3.8, 4) is 0 Å². The van der Waals surface area contributed by atoms with Crippen LogP contribution in [0, 0.1) is 0 Å². The Balaban J connectivity index is 1.48. The highest BCUT2D eigenvalue weighted by Gasteiger charge is 2.23. The maximum absolute atomic E-state index is 13.0. The first-order valence-electron chi connectivity index (χ1n) is 12.1. The number of carbonyl (C=O) groups is 2. The fourth-order valence-corrected chi connectivity index (χ4v) is 4.28. The van der Waals surface area contributed by atoms with E-state index in [9.17, 15) is 9.59 Å². The van der Waals surface area contributed by atoms with Crippen LogP contribution in [0.5, 0.6) is 0 Å². The molecular weight excluding hydrogens is 412 g/mol. The SMILES string of the molecule is CCc1ccccc1NC(=O)CN1CCN(C(=O)c2ccc(CN(CC)C(C)C)cc2)CC1. The minimum absolute atomic E-state index is 0.00575. The van der Waals surface area contributed by atoms with Crippen LogP contribution in [0.1, 0.15) is 49.2 Å². The van der Waals surface area contributed by atoms with Gasteiger partial charge in [0.15, 0.2) is 0 Å². The molecule has 1 fully saturated rings. The molecule has 0 radical (unpaired) electrons. The summed E-state index contributed by atoms with van der Waals surface area (Å²) in [5.41, 5.74) is 3.98. The Morgan fingerprint density at radius 1 is 0.970 bits per heavy atom. The lowest BCUT2D eigenvalue weighted by Crippen LogP contribution is -2.50. The number of carbonyl (C=O) groups excluding carboxylic acids is 2. The van der Waals surface area contributed by atoms with Crippen LogP contribution in [0.4, 0.5) is 5.69 Å². The molecule has 0 atom stereocenters. The third kappa shape index (κ3) is 6.89. The molecule has 2 amide bonds. The van der Waals surface area contributed by atoms with Crippen molar-refractivity contribution < 1.29 is 9.59 Å². The van der Waals surface area contributed by atoms with Gasteiger partial charge in [-0.15, -0.1) is 0 Å². The highest BCUT2D eigenvalue weighted by atomic mass is 16.2. The van der Waals surface area contributed by atoms with Crippen molar-refractivity contribution in [2.45, 2.75) is 46.7 Å². The second-order valence-corrected chi connectivity index (χ2v) is 8.98. The number of piperazine rings is 1. The molecule has 6 heteroatoms. The molecule has 1 N–H and O–H groups in total. The number of benzene rings is 2. The van der Waals surface area contributed by atoms with Crippen molar-refractivity contribution >= 4 is 17.5 Å². The summed E-state index contributed by atoms with van der Waals surface area (Å²) in [6.07, 6.45) is 0.882. The number of hydrogen-bond acceptors (Lipinski definition) is 4. The first-order chi connectivity index (χ1) is 15.9. The van der Waals surface area contributed by atoms with E-state index in [-0.39, 0.29) is 11.8 Å². The molecule has 2 aromatic rings. The topological polar surface area (TPSA) is 55.9 Å². The molecular formula is C27H38N4O2. The fourth-order valence-electron chi connectivity index (χ4n) is 4.28. The van der Waals surface area contributed by atoms with Crippen LogP contribution in [0.3, 0.4) is 0 Å². The number of nitrogens with one attached hydrogen (secondary N) is 1. The zero-order valence-electron chi connectivity index (χ0n) is 20.5. The smallest absolute Gasteiger partial charge is 0.253 e. The number of rotatable bonds is 9. The summed E-state index contributed by atoms with van der Waals surface area (Å²) in [6, 6.07) is 16.4. The van der Waals surface area contributed by atoms with Crippen LogP contribution in [0.25, 0.3) is 0 Å². The molecule has 1 aliphatic rings. The lowest BCUT2D eigenvalue weighted by Gasteiger charge is -2.34. The Morgan fingerprint density at radius 2 is 1.64 bits per heavy atom. The first kappa shape index (κ1) is 24.9. The molecule has 1 saturated heterocycles. The Labute approximate surface area is 198 Å². The Kier molecular flexibility index (Phi) is 9.03. The van der Waals surface area contributed by atoms with Crippen LogP contribution in [-0.4, -0.2) is 71.8 Å². The molecule has 178 valence electrons. The number of anilines is 1. The van der Waals surface area contributed by atoms with Gasteiger partial charge in [0.05, 0.1) is 6.54 Å². The zero-order valence-corrected chi connectivity index (χ0v) is 20.5. The van der Waals surface area contributed by atoms with Gasteiger partial charge in [-0.3, -0.25) is 19.4 Å². The summed E-state index contributed by atoms with van der Waals surface area (Å²) < 4.78 is 0. The molecule has 3 rings (SSSR count). The average molecular weight is 451 g/mol. The third-order valence-electron chi connectivity index (χ3n) is 6.42. The van der Waals surface area contributed by atoms with E-state index >= 15 is 0 Å².